The highest BCUT2D eigenvalue weighted by Crippen LogP contribution is 2.46. The van der Waals surface area contributed by atoms with Crippen molar-refractivity contribution in [2.45, 2.75) is 0 Å². The van der Waals surface area contributed by atoms with E-state index in [1.807, 2.05) is 0 Å². The average molecular weight is 700 g/mol. The Morgan fingerprint density at radius 1 is 0.309 bits per heavy atom. The topological polar surface area (TPSA) is 12.6 Å². The third kappa shape index (κ3) is 4.32. The van der Waals surface area contributed by atoms with E-state index < -0.39 is 0 Å². The summed E-state index contributed by atoms with van der Waals surface area (Å²) in [5.74, 6) is 0. The number of hydrogen-bond acceptors (Lipinski definition) is 1. The third-order valence-corrected chi connectivity index (χ3v) is 11.6. The normalized spacial score (nSPS) is 12.0. The van der Waals surface area contributed by atoms with Crippen LogP contribution in [0.25, 0.3) is 87.5 Å². The van der Waals surface area contributed by atoms with E-state index in [2.05, 4.69) is 214 Å². The Hall–Kier alpha value is -7.36. The molecule has 0 aliphatic rings. The Kier molecular flexibility index (Phi) is 6.34. The van der Waals surface area contributed by atoms with E-state index in [1.54, 1.807) is 0 Å². The van der Waals surface area contributed by atoms with Crippen molar-refractivity contribution < 1.29 is 0 Å². The second-order valence-electron chi connectivity index (χ2n) is 14.5. The summed E-state index contributed by atoms with van der Waals surface area (Å²) in [6.45, 7) is 0. The van der Waals surface area contributed by atoms with Gasteiger partial charge in [0, 0.05) is 55.1 Å². The predicted molar refractivity (Wildman–Crippen MR) is 233 cm³/mol. The molecule has 256 valence electrons. The number of fused-ring (bicyclic) bond motifs is 8. The monoisotopic (exact) mass is 699 g/mol. The molecule has 0 radical (unpaired) electrons. The molecule has 0 saturated carbocycles. The maximum Gasteiger partial charge on any atom is 0.0642 e. The van der Waals surface area contributed by atoms with Gasteiger partial charge in [0.25, 0.3) is 0 Å². The maximum absolute atomic E-state index is 2.55. The molecule has 3 nitrogen and oxygen atoms in total. The maximum atomic E-state index is 2.55. The second-order valence-corrected chi connectivity index (χ2v) is 14.5. The number of para-hydroxylation sites is 2. The summed E-state index contributed by atoms with van der Waals surface area (Å²) in [7, 11) is 0. The lowest BCUT2D eigenvalue weighted by Gasteiger charge is -2.26. The van der Waals surface area contributed by atoms with Crippen molar-refractivity contribution >= 4 is 87.7 Å². The highest BCUT2D eigenvalue weighted by atomic mass is 15.1. The van der Waals surface area contributed by atoms with E-state index in [4.69, 9.17) is 0 Å². The zero-order valence-corrected chi connectivity index (χ0v) is 29.9. The molecule has 55 heavy (non-hydrogen) atoms. The first-order chi connectivity index (χ1) is 27.3. The summed E-state index contributed by atoms with van der Waals surface area (Å²) >= 11 is 0. The minimum absolute atomic E-state index is 1.10. The molecule has 0 spiro atoms. The van der Waals surface area contributed by atoms with Crippen LogP contribution in [0.3, 0.4) is 0 Å². The van der Waals surface area contributed by atoms with Gasteiger partial charge in [0.05, 0.1) is 27.6 Å². The smallest absolute Gasteiger partial charge is 0.0642 e. The summed E-state index contributed by atoms with van der Waals surface area (Å²) < 4.78 is 5.02. The summed E-state index contributed by atoms with van der Waals surface area (Å²) in [5.41, 5.74) is 13.1. The lowest BCUT2D eigenvalue weighted by molar-refractivity contribution is 1.17. The Morgan fingerprint density at radius 2 is 0.873 bits per heavy atom. The van der Waals surface area contributed by atoms with Gasteiger partial charge in [-0.2, -0.15) is 0 Å². The molecule has 0 bridgehead atoms. The van der Waals surface area contributed by atoms with Gasteiger partial charge in [-0.25, -0.2) is 0 Å². The molecule has 0 aliphatic heterocycles. The molecule has 3 heteroatoms. The number of hydrogen-bond donors (Lipinski definition) is 0. The number of aromatic nitrogens is 2. The summed E-state index contributed by atoms with van der Waals surface area (Å²) in [5, 5.41) is 10.2. The van der Waals surface area contributed by atoms with Crippen molar-refractivity contribution in [1.29, 1.82) is 0 Å². The van der Waals surface area contributed by atoms with Gasteiger partial charge in [0.1, 0.15) is 0 Å². The van der Waals surface area contributed by atoms with Crippen LogP contribution in [0, 0.1) is 0 Å². The van der Waals surface area contributed by atoms with E-state index in [1.165, 1.54) is 81.8 Å². The molecule has 0 N–H and O–H groups in total. The molecule has 9 aromatic carbocycles. The van der Waals surface area contributed by atoms with Crippen LogP contribution < -0.4 is 4.90 Å². The Labute approximate surface area is 317 Å². The van der Waals surface area contributed by atoms with E-state index in [0.29, 0.717) is 0 Å². The fourth-order valence-corrected chi connectivity index (χ4v) is 9.26. The van der Waals surface area contributed by atoms with Gasteiger partial charge in [-0.1, -0.05) is 133 Å². The van der Waals surface area contributed by atoms with Crippen molar-refractivity contribution in [1.82, 2.24) is 8.97 Å². The fraction of sp³-hybridized carbons (Fsp3) is 0. The van der Waals surface area contributed by atoms with Gasteiger partial charge >= 0.3 is 0 Å². The fourth-order valence-electron chi connectivity index (χ4n) is 9.26. The highest BCUT2D eigenvalue weighted by Gasteiger charge is 2.24. The molecule has 0 amide bonds. The Bertz CT molecular complexity index is 3390. The van der Waals surface area contributed by atoms with E-state index in [0.717, 1.165) is 22.7 Å². The largest absolute Gasteiger partial charge is 0.311 e. The van der Waals surface area contributed by atoms with E-state index >= 15 is 0 Å². The van der Waals surface area contributed by atoms with Crippen molar-refractivity contribution in [3.05, 3.63) is 200 Å². The molecule has 0 saturated heterocycles. The minimum atomic E-state index is 1.10. The van der Waals surface area contributed by atoms with Gasteiger partial charge < -0.3 is 13.9 Å². The molecule has 3 heterocycles. The molecular weight excluding hydrogens is 667 g/mol. The molecule has 0 unspecified atom stereocenters. The molecule has 0 aliphatic carbocycles. The summed E-state index contributed by atoms with van der Waals surface area (Å²) in [4.78, 5) is 2.34. The van der Waals surface area contributed by atoms with E-state index in [-0.39, 0.29) is 0 Å². The number of anilines is 3. The first-order valence-corrected chi connectivity index (χ1v) is 18.9. The lowest BCUT2D eigenvalue weighted by atomic mass is 10.0. The number of rotatable bonds is 5. The summed E-state index contributed by atoms with van der Waals surface area (Å²) in [6, 6.07) is 73.0. The first-order valence-electron chi connectivity index (χ1n) is 18.9. The van der Waals surface area contributed by atoms with Crippen LogP contribution in [0.2, 0.25) is 0 Å². The van der Waals surface area contributed by atoms with E-state index in [9.17, 15) is 0 Å². The zero-order chi connectivity index (χ0) is 36.0. The molecule has 12 aromatic rings. The Balaban J connectivity index is 1.10. The SMILES string of the molecule is c1ccc(-c2ccc(N(c3ccccc3)c3ccc(-n4c5cccc6c7ccc8ccccc8c7n7c8ccccc8c8ccc4c(c65)c87)cc3)cc2)cc1. The van der Waals surface area contributed by atoms with Crippen molar-refractivity contribution in [2.75, 3.05) is 4.90 Å². The quantitative estimate of drug-likeness (QED) is 0.174. The molecular formula is C52H33N3. The predicted octanol–water partition coefficient (Wildman–Crippen LogP) is 14.2. The van der Waals surface area contributed by atoms with Gasteiger partial charge in [0.2, 0.25) is 0 Å². The van der Waals surface area contributed by atoms with Crippen molar-refractivity contribution in [3.8, 4) is 16.8 Å². The van der Waals surface area contributed by atoms with Gasteiger partial charge in [0.15, 0.2) is 0 Å². The number of benzene rings is 9. The minimum Gasteiger partial charge on any atom is -0.311 e. The van der Waals surface area contributed by atoms with Crippen LogP contribution in [-0.4, -0.2) is 8.97 Å². The average Bonchev–Trinajstić information content (AvgIpc) is 3.73. The van der Waals surface area contributed by atoms with Crippen LogP contribution >= 0.6 is 0 Å². The van der Waals surface area contributed by atoms with Crippen molar-refractivity contribution in [2.24, 2.45) is 0 Å². The lowest BCUT2D eigenvalue weighted by Crippen LogP contribution is -2.10. The number of nitrogens with zero attached hydrogens (tertiary/aromatic N) is 3. The molecule has 0 fully saturated rings. The van der Waals surface area contributed by atoms with Crippen LogP contribution in [0.15, 0.2) is 200 Å². The van der Waals surface area contributed by atoms with Gasteiger partial charge in [-0.05, 0) is 88.6 Å². The molecule has 12 rings (SSSR count). The standard InChI is InChI=1S/C52H33N3/c1-3-12-34(13-4-1)35-22-25-38(26-23-35)53(37-15-5-2-6-16-37)39-27-29-40(30-28-39)54-47-21-11-19-43-45-31-24-36-14-7-8-17-41(36)51(45)55-46-20-10-9-18-42(46)44-32-33-48(54)50(49(43)47)52(44)55/h1-33H. The third-order valence-electron chi connectivity index (χ3n) is 11.6. The first kappa shape index (κ1) is 30.1. The van der Waals surface area contributed by atoms with Crippen LogP contribution in [0.1, 0.15) is 0 Å². The van der Waals surface area contributed by atoms with Crippen LogP contribution in [0.4, 0.5) is 17.1 Å². The molecule has 3 aromatic heterocycles. The van der Waals surface area contributed by atoms with Gasteiger partial charge in [-0.15, -0.1) is 0 Å². The van der Waals surface area contributed by atoms with Gasteiger partial charge in [-0.3, -0.25) is 0 Å². The van der Waals surface area contributed by atoms with Crippen LogP contribution in [-0.2, 0) is 0 Å². The van der Waals surface area contributed by atoms with Crippen molar-refractivity contribution in [3.63, 3.8) is 0 Å². The summed E-state index contributed by atoms with van der Waals surface area (Å²) in [6.07, 6.45) is 0. The van der Waals surface area contributed by atoms with Crippen LogP contribution in [0.5, 0.6) is 0 Å². The Morgan fingerprint density at radius 3 is 1.67 bits per heavy atom. The highest BCUT2D eigenvalue weighted by molar-refractivity contribution is 6.34. The zero-order valence-electron chi connectivity index (χ0n) is 29.9. The molecule has 0 atom stereocenters. The second kappa shape index (κ2) is 11.6.